The second-order valence-electron chi connectivity index (χ2n) is 5.54. The number of ether oxygens (including phenoxy) is 2. The second kappa shape index (κ2) is 9.43. The Kier molecular flexibility index (Phi) is 7.88. The standard InChI is InChI=1S/C18H28O3/c1-5-7-8-15(6-2)13-21-18(19)14(3)16-9-11-17(20-4)12-10-16/h9-12,14-15H,5-8,13H2,1-4H3. The third kappa shape index (κ3) is 5.78. The minimum atomic E-state index is -0.236. The molecular formula is C18H28O3. The second-order valence-corrected chi connectivity index (χ2v) is 5.54. The van der Waals surface area contributed by atoms with Crippen molar-refractivity contribution in [1.82, 2.24) is 0 Å². The van der Waals surface area contributed by atoms with Crippen LogP contribution in [0.25, 0.3) is 0 Å². The van der Waals surface area contributed by atoms with Crippen LogP contribution >= 0.6 is 0 Å². The van der Waals surface area contributed by atoms with Gasteiger partial charge in [0, 0.05) is 0 Å². The fourth-order valence-electron chi connectivity index (χ4n) is 2.25. The van der Waals surface area contributed by atoms with Crippen LogP contribution in [0.1, 0.15) is 57.9 Å². The minimum Gasteiger partial charge on any atom is -0.497 e. The molecule has 0 radical (unpaired) electrons. The van der Waals surface area contributed by atoms with Gasteiger partial charge in [0.1, 0.15) is 5.75 Å². The van der Waals surface area contributed by atoms with Gasteiger partial charge in [-0.3, -0.25) is 4.79 Å². The number of benzene rings is 1. The Morgan fingerprint density at radius 1 is 1.19 bits per heavy atom. The molecule has 0 N–H and O–H groups in total. The Labute approximate surface area is 128 Å². The molecule has 0 aromatic heterocycles. The van der Waals surface area contributed by atoms with Crippen LogP contribution < -0.4 is 4.74 Å². The summed E-state index contributed by atoms with van der Waals surface area (Å²) in [6.07, 6.45) is 4.58. The lowest BCUT2D eigenvalue weighted by atomic mass is 9.99. The first-order valence-electron chi connectivity index (χ1n) is 7.92. The van der Waals surface area contributed by atoms with Crippen LogP contribution in [0.4, 0.5) is 0 Å². The molecule has 0 saturated carbocycles. The third-order valence-electron chi connectivity index (χ3n) is 3.97. The van der Waals surface area contributed by atoms with Crippen molar-refractivity contribution in [1.29, 1.82) is 0 Å². The van der Waals surface area contributed by atoms with Gasteiger partial charge in [-0.25, -0.2) is 0 Å². The van der Waals surface area contributed by atoms with Gasteiger partial charge in [-0.05, 0) is 37.0 Å². The molecule has 3 heteroatoms. The van der Waals surface area contributed by atoms with E-state index in [9.17, 15) is 4.79 Å². The summed E-state index contributed by atoms with van der Waals surface area (Å²) in [6.45, 7) is 6.76. The number of unbranched alkanes of at least 4 members (excludes halogenated alkanes) is 1. The first-order valence-corrected chi connectivity index (χ1v) is 7.92. The number of carbonyl (C=O) groups is 1. The van der Waals surface area contributed by atoms with Crippen LogP contribution in [0.3, 0.4) is 0 Å². The van der Waals surface area contributed by atoms with Gasteiger partial charge >= 0.3 is 5.97 Å². The fraction of sp³-hybridized carbons (Fsp3) is 0.611. The van der Waals surface area contributed by atoms with Gasteiger partial charge in [0.05, 0.1) is 19.6 Å². The molecule has 3 nitrogen and oxygen atoms in total. The number of carbonyl (C=O) groups excluding carboxylic acids is 1. The van der Waals surface area contributed by atoms with E-state index >= 15 is 0 Å². The summed E-state index contributed by atoms with van der Waals surface area (Å²) in [6, 6.07) is 7.57. The van der Waals surface area contributed by atoms with E-state index in [1.165, 1.54) is 12.8 Å². The molecule has 0 fully saturated rings. The van der Waals surface area contributed by atoms with Crippen molar-refractivity contribution < 1.29 is 14.3 Å². The van der Waals surface area contributed by atoms with E-state index in [1.54, 1.807) is 7.11 Å². The lowest BCUT2D eigenvalue weighted by Crippen LogP contribution is -2.18. The maximum absolute atomic E-state index is 12.1. The van der Waals surface area contributed by atoms with Crippen molar-refractivity contribution in [3.63, 3.8) is 0 Å². The molecule has 0 spiro atoms. The predicted molar refractivity (Wildman–Crippen MR) is 85.7 cm³/mol. The summed E-state index contributed by atoms with van der Waals surface area (Å²) >= 11 is 0. The van der Waals surface area contributed by atoms with Gasteiger partial charge in [0.15, 0.2) is 0 Å². The highest BCUT2D eigenvalue weighted by Crippen LogP contribution is 2.21. The monoisotopic (exact) mass is 292 g/mol. The third-order valence-corrected chi connectivity index (χ3v) is 3.97. The van der Waals surface area contributed by atoms with Gasteiger partial charge in [-0.1, -0.05) is 45.2 Å². The van der Waals surface area contributed by atoms with E-state index in [1.807, 2.05) is 31.2 Å². The maximum Gasteiger partial charge on any atom is 0.313 e. The van der Waals surface area contributed by atoms with Crippen LogP contribution in [0, 0.1) is 5.92 Å². The summed E-state index contributed by atoms with van der Waals surface area (Å²) in [4.78, 5) is 12.1. The molecule has 1 rings (SSSR count). The highest BCUT2D eigenvalue weighted by atomic mass is 16.5. The number of esters is 1. The van der Waals surface area contributed by atoms with E-state index in [0.717, 1.165) is 24.2 Å². The highest BCUT2D eigenvalue weighted by molar-refractivity contribution is 5.77. The fourth-order valence-corrected chi connectivity index (χ4v) is 2.25. The van der Waals surface area contributed by atoms with E-state index in [-0.39, 0.29) is 11.9 Å². The van der Waals surface area contributed by atoms with Gasteiger partial charge in [0.2, 0.25) is 0 Å². The van der Waals surface area contributed by atoms with E-state index in [4.69, 9.17) is 9.47 Å². The topological polar surface area (TPSA) is 35.5 Å². The van der Waals surface area contributed by atoms with Crippen molar-refractivity contribution in [3.05, 3.63) is 29.8 Å². The highest BCUT2D eigenvalue weighted by Gasteiger charge is 2.18. The van der Waals surface area contributed by atoms with Crippen molar-refractivity contribution in [3.8, 4) is 5.75 Å². The lowest BCUT2D eigenvalue weighted by Gasteiger charge is -2.17. The van der Waals surface area contributed by atoms with Crippen LogP contribution in [0.2, 0.25) is 0 Å². The first-order chi connectivity index (χ1) is 10.1. The summed E-state index contributed by atoms with van der Waals surface area (Å²) in [5.41, 5.74) is 0.961. The Morgan fingerprint density at radius 2 is 1.86 bits per heavy atom. The molecule has 118 valence electrons. The zero-order valence-corrected chi connectivity index (χ0v) is 13.7. The molecule has 21 heavy (non-hydrogen) atoms. The van der Waals surface area contributed by atoms with Crippen molar-refractivity contribution in [2.24, 2.45) is 5.92 Å². The van der Waals surface area contributed by atoms with Crippen LogP contribution in [0.5, 0.6) is 5.75 Å². The number of rotatable bonds is 9. The maximum atomic E-state index is 12.1. The minimum absolute atomic E-state index is 0.143. The number of methoxy groups -OCH3 is 1. The summed E-state index contributed by atoms with van der Waals surface area (Å²) in [5.74, 6) is 0.900. The molecular weight excluding hydrogens is 264 g/mol. The average molecular weight is 292 g/mol. The van der Waals surface area contributed by atoms with Crippen LogP contribution in [-0.4, -0.2) is 19.7 Å². The zero-order chi connectivity index (χ0) is 15.7. The van der Waals surface area contributed by atoms with Crippen molar-refractivity contribution in [2.75, 3.05) is 13.7 Å². The molecule has 1 aromatic rings. The van der Waals surface area contributed by atoms with Crippen molar-refractivity contribution >= 4 is 5.97 Å². The first kappa shape index (κ1) is 17.5. The largest absolute Gasteiger partial charge is 0.497 e. The normalized spacial score (nSPS) is 13.5. The molecule has 0 saturated heterocycles. The quantitative estimate of drug-likeness (QED) is 0.626. The molecule has 0 aliphatic rings. The van der Waals surface area contributed by atoms with Crippen molar-refractivity contribution in [2.45, 2.75) is 52.4 Å². The predicted octanol–water partition coefficient (Wildman–Crippen LogP) is 4.56. The van der Waals surface area contributed by atoms with Crippen LogP contribution in [0.15, 0.2) is 24.3 Å². The SMILES string of the molecule is CCCCC(CC)COC(=O)C(C)c1ccc(OC)cc1. The molecule has 2 atom stereocenters. The van der Waals surface area contributed by atoms with E-state index in [2.05, 4.69) is 13.8 Å². The Balaban J connectivity index is 2.49. The number of hydrogen-bond donors (Lipinski definition) is 0. The smallest absolute Gasteiger partial charge is 0.313 e. The van der Waals surface area contributed by atoms with E-state index in [0.29, 0.717) is 12.5 Å². The van der Waals surface area contributed by atoms with Crippen LogP contribution in [-0.2, 0) is 9.53 Å². The molecule has 0 heterocycles. The number of hydrogen-bond acceptors (Lipinski definition) is 3. The molecule has 1 aromatic carbocycles. The molecule has 2 unspecified atom stereocenters. The summed E-state index contributed by atoms with van der Waals surface area (Å²) in [7, 11) is 1.63. The Bertz CT molecular complexity index is 411. The van der Waals surface area contributed by atoms with E-state index < -0.39 is 0 Å². The summed E-state index contributed by atoms with van der Waals surface area (Å²) in [5, 5.41) is 0. The molecule has 0 aliphatic carbocycles. The average Bonchev–Trinajstić information content (AvgIpc) is 2.54. The zero-order valence-electron chi connectivity index (χ0n) is 13.7. The van der Waals surface area contributed by atoms with Gasteiger partial charge in [0.25, 0.3) is 0 Å². The molecule has 0 amide bonds. The molecule has 0 bridgehead atoms. The molecule has 0 aliphatic heterocycles. The van der Waals surface area contributed by atoms with Gasteiger partial charge in [-0.2, -0.15) is 0 Å². The lowest BCUT2D eigenvalue weighted by molar-refractivity contribution is -0.146. The Hall–Kier alpha value is -1.51. The Morgan fingerprint density at radius 3 is 2.38 bits per heavy atom. The summed E-state index contributed by atoms with van der Waals surface area (Å²) < 4.78 is 10.6. The van der Waals surface area contributed by atoms with Gasteiger partial charge in [-0.15, -0.1) is 0 Å². The van der Waals surface area contributed by atoms with Gasteiger partial charge < -0.3 is 9.47 Å².